The van der Waals surface area contributed by atoms with Gasteiger partial charge in [0.15, 0.2) is 0 Å². The third kappa shape index (κ3) is 1.57. The fourth-order valence-electron chi connectivity index (χ4n) is 0.917. The van der Waals surface area contributed by atoms with E-state index in [0.717, 1.165) is 12.4 Å². The van der Waals surface area contributed by atoms with E-state index in [-0.39, 0.29) is 0 Å². The molecule has 0 spiro atoms. The van der Waals surface area contributed by atoms with Crippen molar-refractivity contribution in [3.05, 3.63) is 18.2 Å². The van der Waals surface area contributed by atoms with E-state index in [1.807, 2.05) is 6.20 Å². The van der Waals surface area contributed by atoms with Crippen molar-refractivity contribution in [2.45, 2.75) is 19.9 Å². The first-order valence-electron chi connectivity index (χ1n) is 3.57. The normalized spacial score (nSPS) is 13.4. The molecule has 0 saturated carbocycles. The molecule has 1 unspecified atom stereocenters. The number of nitrogens with one attached hydrogen (secondary N) is 2. The predicted octanol–water partition coefficient (Wildman–Crippen LogP) is 1.08. The second-order valence-electron chi connectivity index (χ2n) is 2.25. The Bertz CT molecular complexity index is 169. The van der Waals surface area contributed by atoms with E-state index in [4.69, 9.17) is 0 Å². The summed E-state index contributed by atoms with van der Waals surface area (Å²) in [4.78, 5) is 7.16. The first-order valence-corrected chi connectivity index (χ1v) is 3.57. The summed E-state index contributed by atoms with van der Waals surface area (Å²) >= 11 is 0. The van der Waals surface area contributed by atoms with Crippen LogP contribution in [0.1, 0.15) is 25.7 Å². The molecule has 1 rings (SSSR count). The van der Waals surface area contributed by atoms with Crippen LogP contribution < -0.4 is 5.32 Å². The van der Waals surface area contributed by atoms with Gasteiger partial charge in [0.1, 0.15) is 5.82 Å². The van der Waals surface area contributed by atoms with Crippen LogP contribution in [0.25, 0.3) is 0 Å². The van der Waals surface area contributed by atoms with Crippen LogP contribution in [-0.2, 0) is 0 Å². The van der Waals surface area contributed by atoms with E-state index in [1.54, 1.807) is 6.20 Å². The third-order valence-electron chi connectivity index (χ3n) is 1.44. The van der Waals surface area contributed by atoms with Crippen LogP contribution >= 0.6 is 0 Å². The van der Waals surface area contributed by atoms with E-state index in [2.05, 4.69) is 29.1 Å². The van der Waals surface area contributed by atoms with Gasteiger partial charge in [0.05, 0.1) is 6.04 Å². The van der Waals surface area contributed by atoms with Gasteiger partial charge >= 0.3 is 0 Å². The molecule has 0 fully saturated rings. The van der Waals surface area contributed by atoms with Gasteiger partial charge in [0.2, 0.25) is 0 Å². The Hall–Kier alpha value is -0.830. The Morgan fingerprint density at radius 1 is 1.80 bits per heavy atom. The van der Waals surface area contributed by atoms with Crippen molar-refractivity contribution in [3.8, 4) is 0 Å². The van der Waals surface area contributed by atoms with Crippen LogP contribution in [0.5, 0.6) is 0 Å². The van der Waals surface area contributed by atoms with Gasteiger partial charge in [-0.15, -0.1) is 0 Å². The lowest BCUT2D eigenvalue weighted by Gasteiger charge is -2.07. The van der Waals surface area contributed by atoms with Gasteiger partial charge < -0.3 is 10.3 Å². The Morgan fingerprint density at radius 2 is 2.60 bits per heavy atom. The molecule has 0 amide bonds. The number of imidazole rings is 1. The highest BCUT2D eigenvalue weighted by Crippen LogP contribution is 2.03. The molecule has 0 radical (unpaired) electrons. The fourth-order valence-corrected chi connectivity index (χ4v) is 0.917. The first-order chi connectivity index (χ1) is 4.84. The molecule has 0 saturated heterocycles. The second kappa shape index (κ2) is 3.37. The third-order valence-corrected chi connectivity index (χ3v) is 1.44. The van der Waals surface area contributed by atoms with Crippen molar-refractivity contribution >= 4 is 0 Å². The molecule has 1 atom stereocenters. The van der Waals surface area contributed by atoms with Crippen molar-refractivity contribution in [3.63, 3.8) is 0 Å². The minimum atomic E-state index is 0.333. The SMILES string of the molecule is CCNC(C)c1ncc[nH]1. The van der Waals surface area contributed by atoms with Crippen molar-refractivity contribution in [1.29, 1.82) is 0 Å². The zero-order valence-electron chi connectivity index (χ0n) is 6.39. The quantitative estimate of drug-likeness (QED) is 0.658. The monoisotopic (exact) mass is 139 g/mol. The maximum atomic E-state index is 4.12. The summed E-state index contributed by atoms with van der Waals surface area (Å²) in [7, 11) is 0. The number of H-pyrrole nitrogens is 1. The zero-order valence-corrected chi connectivity index (χ0v) is 6.39. The average Bonchev–Trinajstić information content (AvgIpc) is 2.38. The highest BCUT2D eigenvalue weighted by molar-refractivity contribution is 4.92. The number of hydrogen-bond donors (Lipinski definition) is 2. The Morgan fingerprint density at radius 3 is 3.10 bits per heavy atom. The molecular formula is C7H13N3. The van der Waals surface area contributed by atoms with Gasteiger partial charge in [-0.25, -0.2) is 4.98 Å². The Labute approximate surface area is 60.9 Å². The molecule has 0 aliphatic carbocycles. The van der Waals surface area contributed by atoms with Gasteiger partial charge in [-0.2, -0.15) is 0 Å². The molecule has 1 aromatic rings. The Kier molecular flexibility index (Phi) is 2.45. The molecule has 1 heterocycles. The number of aromatic nitrogens is 2. The molecule has 0 aliphatic rings. The van der Waals surface area contributed by atoms with E-state index < -0.39 is 0 Å². The zero-order chi connectivity index (χ0) is 7.40. The van der Waals surface area contributed by atoms with Crippen LogP contribution in [-0.4, -0.2) is 16.5 Å². The fraction of sp³-hybridized carbons (Fsp3) is 0.571. The molecule has 3 heteroatoms. The van der Waals surface area contributed by atoms with Crippen LogP contribution in [0, 0.1) is 0 Å². The molecule has 2 N–H and O–H groups in total. The lowest BCUT2D eigenvalue weighted by atomic mass is 10.3. The van der Waals surface area contributed by atoms with E-state index in [9.17, 15) is 0 Å². The van der Waals surface area contributed by atoms with Crippen LogP contribution in [0.2, 0.25) is 0 Å². The number of aromatic amines is 1. The smallest absolute Gasteiger partial charge is 0.122 e. The van der Waals surface area contributed by atoms with Crippen molar-refractivity contribution in [1.82, 2.24) is 15.3 Å². The number of nitrogens with zero attached hydrogens (tertiary/aromatic N) is 1. The van der Waals surface area contributed by atoms with Gasteiger partial charge in [0, 0.05) is 12.4 Å². The highest BCUT2D eigenvalue weighted by Gasteiger charge is 2.03. The predicted molar refractivity (Wildman–Crippen MR) is 40.7 cm³/mol. The molecule has 10 heavy (non-hydrogen) atoms. The molecule has 0 bridgehead atoms. The summed E-state index contributed by atoms with van der Waals surface area (Å²) in [6.45, 7) is 5.14. The van der Waals surface area contributed by atoms with E-state index >= 15 is 0 Å². The van der Waals surface area contributed by atoms with Gasteiger partial charge in [-0.3, -0.25) is 0 Å². The molecule has 0 aliphatic heterocycles. The summed E-state index contributed by atoms with van der Waals surface area (Å²) in [6.07, 6.45) is 3.60. The maximum absolute atomic E-state index is 4.12. The minimum Gasteiger partial charge on any atom is -0.347 e. The van der Waals surface area contributed by atoms with Crippen molar-refractivity contribution < 1.29 is 0 Å². The van der Waals surface area contributed by atoms with Crippen molar-refractivity contribution in [2.75, 3.05) is 6.54 Å². The highest BCUT2D eigenvalue weighted by atomic mass is 15.0. The van der Waals surface area contributed by atoms with Crippen LogP contribution in [0.3, 0.4) is 0 Å². The maximum Gasteiger partial charge on any atom is 0.122 e. The lowest BCUT2D eigenvalue weighted by molar-refractivity contribution is 0.572. The van der Waals surface area contributed by atoms with Gasteiger partial charge in [-0.1, -0.05) is 6.92 Å². The lowest BCUT2D eigenvalue weighted by Crippen LogP contribution is -2.18. The minimum absolute atomic E-state index is 0.333. The topological polar surface area (TPSA) is 40.7 Å². The van der Waals surface area contributed by atoms with E-state index in [1.165, 1.54) is 0 Å². The first kappa shape index (κ1) is 7.28. The molecule has 0 aromatic carbocycles. The van der Waals surface area contributed by atoms with Crippen LogP contribution in [0.15, 0.2) is 12.4 Å². The molecule has 56 valence electrons. The summed E-state index contributed by atoms with van der Waals surface area (Å²) in [6, 6.07) is 0.333. The second-order valence-corrected chi connectivity index (χ2v) is 2.25. The largest absolute Gasteiger partial charge is 0.347 e. The molecular weight excluding hydrogens is 126 g/mol. The average molecular weight is 139 g/mol. The van der Waals surface area contributed by atoms with Crippen molar-refractivity contribution in [2.24, 2.45) is 0 Å². The number of hydrogen-bond acceptors (Lipinski definition) is 2. The summed E-state index contributed by atoms with van der Waals surface area (Å²) in [5.41, 5.74) is 0. The Balaban J connectivity index is 2.50. The van der Waals surface area contributed by atoms with Gasteiger partial charge in [-0.05, 0) is 13.5 Å². The summed E-state index contributed by atoms with van der Waals surface area (Å²) < 4.78 is 0. The standard InChI is InChI=1S/C7H13N3/c1-3-8-6(2)7-9-4-5-10-7/h4-6,8H,3H2,1-2H3,(H,9,10). The van der Waals surface area contributed by atoms with E-state index in [0.29, 0.717) is 6.04 Å². The van der Waals surface area contributed by atoms with Crippen LogP contribution in [0.4, 0.5) is 0 Å². The molecule has 3 nitrogen and oxygen atoms in total. The molecule has 1 aromatic heterocycles. The van der Waals surface area contributed by atoms with Gasteiger partial charge in [0.25, 0.3) is 0 Å². The summed E-state index contributed by atoms with van der Waals surface area (Å²) in [5, 5.41) is 3.25. The summed E-state index contributed by atoms with van der Waals surface area (Å²) in [5.74, 6) is 1.00. The number of rotatable bonds is 3.